The summed E-state index contributed by atoms with van der Waals surface area (Å²) in [5.41, 5.74) is 4.64. The van der Waals surface area contributed by atoms with Crippen LogP contribution in [-0.4, -0.2) is 30.3 Å². The third-order valence-corrected chi connectivity index (χ3v) is 4.82. The van der Waals surface area contributed by atoms with Gasteiger partial charge in [-0.05, 0) is 28.7 Å². The molecule has 1 aliphatic carbocycles. The molecule has 26 heavy (non-hydrogen) atoms. The second kappa shape index (κ2) is 8.04. The molecular weight excluding hydrogens is 330 g/mol. The van der Waals surface area contributed by atoms with Gasteiger partial charge in [0.05, 0.1) is 5.92 Å². The molecule has 1 amide bonds. The number of hydrogen-bond acceptors (Lipinski definition) is 3. The Hall–Kier alpha value is -2.82. The smallest absolute Gasteiger partial charge is 0.407 e. The van der Waals surface area contributed by atoms with Crippen molar-refractivity contribution in [1.82, 2.24) is 5.32 Å². The molecule has 2 aromatic carbocycles. The second-order valence-electron chi connectivity index (χ2n) is 6.53. The van der Waals surface area contributed by atoms with Crippen molar-refractivity contribution in [3.63, 3.8) is 0 Å². The Kier molecular flexibility index (Phi) is 5.56. The zero-order valence-electron chi connectivity index (χ0n) is 14.8. The number of amides is 1. The van der Waals surface area contributed by atoms with Gasteiger partial charge < -0.3 is 15.2 Å². The van der Waals surface area contributed by atoms with Crippen LogP contribution in [0.15, 0.2) is 48.5 Å². The average molecular weight is 353 g/mol. The van der Waals surface area contributed by atoms with E-state index in [1.165, 1.54) is 11.1 Å². The van der Waals surface area contributed by atoms with Crippen molar-refractivity contribution in [1.29, 1.82) is 0 Å². The standard InChI is InChI=1S/C21H23NO4/c1-2-7-14(20(23)24)12-22-21(25)26-13-19-17-10-5-3-8-15(17)16-9-4-6-11-18(16)19/h3-6,8-11,14,19H,2,7,12-13H2,1H3,(H,22,25)(H,23,24). The molecule has 0 aromatic heterocycles. The fourth-order valence-corrected chi connectivity index (χ4v) is 3.52. The average Bonchev–Trinajstić information content (AvgIpc) is 2.97. The number of ether oxygens (including phenoxy) is 1. The normalized spacial score (nSPS) is 13.6. The summed E-state index contributed by atoms with van der Waals surface area (Å²) >= 11 is 0. The van der Waals surface area contributed by atoms with Gasteiger partial charge in [-0.15, -0.1) is 0 Å². The number of carboxylic acid groups (broad SMARTS) is 1. The predicted octanol–water partition coefficient (Wildman–Crippen LogP) is 4.03. The third-order valence-electron chi connectivity index (χ3n) is 4.82. The molecule has 5 nitrogen and oxygen atoms in total. The summed E-state index contributed by atoms with van der Waals surface area (Å²) in [6, 6.07) is 16.3. The van der Waals surface area contributed by atoms with Crippen LogP contribution < -0.4 is 5.32 Å². The number of carbonyl (C=O) groups is 2. The number of aliphatic carboxylic acids is 1. The van der Waals surface area contributed by atoms with Gasteiger partial charge in [0.25, 0.3) is 0 Å². The van der Waals surface area contributed by atoms with Crippen molar-refractivity contribution in [2.75, 3.05) is 13.2 Å². The van der Waals surface area contributed by atoms with E-state index >= 15 is 0 Å². The SMILES string of the molecule is CCCC(CNC(=O)OCC1c2ccccc2-c2ccccc21)C(=O)O. The van der Waals surface area contributed by atoms with Gasteiger partial charge >= 0.3 is 12.1 Å². The first kappa shape index (κ1) is 18.0. The Morgan fingerprint density at radius 3 is 2.19 bits per heavy atom. The summed E-state index contributed by atoms with van der Waals surface area (Å²) in [7, 11) is 0. The molecule has 136 valence electrons. The topological polar surface area (TPSA) is 75.6 Å². The van der Waals surface area contributed by atoms with Gasteiger partial charge in [0.2, 0.25) is 0 Å². The molecule has 2 aromatic rings. The van der Waals surface area contributed by atoms with E-state index in [0.717, 1.165) is 17.5 Å². The van der Waals surface area contributed by atoms with Gasteiger partial charge in [-0.25, -0.2) is 4.79 Å². The van der Waals surface area contributed by atoms with Crippen LogP contribution in [0.5, 0.6) is 0 Å². The second-order valence-corrected chi connectivity index (χ2v) is 6.53. The molecule has 0 saturated carbocycles. The summed E-state index contributed by atoms with van der Waals surface area (Å²) in [6.07, 6.45) is 0.705. The zero-order valence-corrected chi connectivity index (χ0v) is 14.8. The van der Waals surface area contributed by atoms with Crippen molar-refractivity contribution in [3.8, 4) is 11.1 Å². The molecule has 1 unspecified atom stereocenters. The number of carboxylic acids is 1. The summed E-state index contributed by atoms with van der Waals surface area (Å²) < 4.78 is 5.40. The van der Waals surface area contributed by atoms with Gasteiger partial charge in [0.1, 0.15) is 6.61 Å². The van der Waals surface area contributed by atoms with Crippen LogP contribution in [0.25, 0.3) is 11.1 Å². The maximum absolute atomic E-state index is 12.0. The highest BCUT2D eigenvalue weighted by molar-refractivity contribution is 5.79. The van der Waals surface area contributed by atoms with E-state index in [1.807, 2.05) is 31.2 Å². The minimum absolute atomic E-state index is 0.000868. The lowest BCUT2D eigenvalue weighted by Gasteiger charge is -2.16. The van der Waals surface area contributed by atoms with E-state index in [0.29, 0.717) is 6.42 Å². The minimum Gasteiger partial charge on any atom is -0.481 e. The van der Waals surface area contributed by atoms with Crippen molar-refractivity contribution in [2.45, 2.75) is 25.7 Å². The quantitative estimate of drug-likeness (QED) is 0.788. The Morgan fingerprint density at radius 2 is 1.65 bits per heavy atom. The maximum atomic E-state index is 12.0. The van der Waals surface area contributed by atoms with Gasteiger partial charge in [-0.1, -0.05) is 61.9 Å². The molecule has 1 atom stereocenters. The highest BCUT2D eigenvalue weighted by Gasteiger charge is 2.29. The highest BCUT2D eigenvalue weighted by atomic mass is 16.5. The molecule has 0 fully saturated rings. The Morgan fingerprint density at radius 1 is 1.08 bits per heavy atom. The molecule has 0 heterocycles. The van der Waals surface area contributed by atoms with Crippen LogP contribution in [0.3, 0.4) is 0 Å². The van der Waals surface area contributed by atoms with Gasteiger partial charge in [0.15, 0.2) is 0 Å². The summed E-state index contributed by atoms with van der Waals surface area (Å²) in [5, 5.41) is 11.7. The number of benzene rings is 2. The fraction of sp³-hybridized carbons (Fsp3) is 0.333. The molecule has 0 spiro atoms. The molecular formula is C21H23NO4. The van der Waals surface area contributed by atoms with Crippen LogP contribution in [0.2, 0.25) is 0 Å². The van der Waals surface area contributed by atoms with Crippen LogP contribution >= 0.6 is 0 Å². The summed E-state index contributed by atoms with van der Waals surface area (Å²) in [4.78, 5) is 23.2. The van der Waals surface area contributed by atoms with Crippen molar-refractivity contribution < 1.29 is 19.4 Å². The first-order valence-corrected chi connectivity index (χ1v) is 8.93. The molecule has 5 heteroatoms. The molecule has 0 bridgehead atoms. The monoisotopic (exact) mass is 353 g/mol. The fourth-order valence-electron chi connectivity index (χ4n) is 3.52. The number of rotatable bonds is 7. The van der Waals surface area contributed by atoms with E-state index in [2.05, 4.69) is 29.6 Å². The van der Waals surface area contributed by atoms with Gasteiger partial charge in [0, 0.05) is 12.5 Å². The number of hydrogen-bond donors (Lipinski definition) is 2. The van der Waals surface area contributed by atoms with E-state index in [4.69, 9.17) is 9.84 Å². The van der Waals surface area contributed by atoms with E-state index in [-0.39, 0.29) is 19.1 Å². The lowest BCUT2D eigenvalue weighted by molar-refractivity contribution is -0.141. The first-order valence-electron chi connectivity index (χ1n) is 8.93. The molecule has 3 rings (SSSR count). The first-order chi connectivity index (χ1) is 12.6. The van der Waals surface area contributed by atoms with Crippen LogP contribution in [0.1, 0.15) is 36.8 Å². The molecule has 0 aliphatic heterocycles. The number of nitrogens with one attached hydrogen (secondary N) is 1. The lowest BCUT2D eigenvalue weighted by Crippen LogP contribution is -2.34. The van der Waals surface area contributed by atoms with Crippen molar-refractivity contribution >= 4 is 12.1 Å². The molecule has 0 radical (unpaired) electrons. The van der Waals surface area contributed by atoms with E-state index in [9.17, 15) is 9.59 Å². The minimum atomic E-state index is -0.897. The summed E-state index contributed by atoms with van der Waals surface area (Å²) in [5.74, 6) is -1.48. The largest absolute Gasteiger partial charge is 0.481 e. The van der Waals surface area contributed by atoms with Crippen LogP contribution in [-0.2, 0) is 9.53 Å². The van der Waals surface area contributed by atoms with Gasteiger partial charge in [-0.2, -0.15) is 0 Å². The molecule has 0 saturated heterocycles. The van der Waals surface area contributed by atoms with E-state index < -0.39 is 18.0 Å². The third kappa shape index (κ3) is 3.72. The molecule has 1 aliphatic rings. The Balaban J connectivity index is 1.63. The Labute approximate surface area is 153 Å². The van der Waals surface area contributed by atoms with Crippen molar-refractivity contribution in [3.05, 3.63) is 59.7 Å². The van der Waals surface area contributed by atoms with Crippen molar-refractivity contribution in [2.24, 2.45) is 5.92 Å². The predicted molar refractivity (Wildman–Crippen MR) is 99.1 cm³/mol. The summed E-state index contributed by atoms with van der Waals surface area (Å²) in [6.45, 7) is 2.23. The Bertz CT molecular complexity index is 757. The zero-order chi connectivity index (χ0) is 18.5. The van der Waals surface area contributed by atoms with Gasteiger partial charge in [-0.3, -0.25) is 4.79 Å². The number of fused-ring (bicyclic) bond motifs is 3. The van der Waals surface area contributed by atoms with Crippen LogP contribution in [0, 0.1) is 5.92 Å². The number of carbonyl (C=O) groups excluding carboxylic acids is 1. The van der Waals surface area contributed by atoms with Crippen LogP contribution in [0.4, 0.5) is 4.79 Å². The highest BCUT2D eigenvalue weighted by Crippen LogP contribution is 2.44. The lowest BCUT2D eigenvalue weighted by atomic mass is 9.98. The maximum Gasteiger partial charge on any atom is 0.407 e. The molecule has 2 N–H and O–H groups in total. The van der Waals surface area contributed by atoms with E-state index in [1.54, 1.807) is 0 Å². The number of alkyl carbamates (subject to hydrolysis) is 1.